The number of rotatable bonds is 5. The van der Waals surface area contributed by atoms with E-state index in [1.807, 2.05) is 0 Å². The number of carboxylic acids is 1. The molecule has 1 saturated heterocycles. The molecule has 2 amide bonds. The molecule has 0 radical (unpaired) electrons. The monoisotopic (exact) mass is 369 g/mol. The SMILES string of the molecule is O=C(O)c1cccc(NC(=O)[C@H]2CC(=O)N(c3ccc([N+](=O)[O-])cc3)C2)c1. The number of nitrogens with one attached hydrogen (secondary N) is 1. The van der Waals surface area contributed by atoms with Crippen molar-refractivity contribution in [2.24, 2.45) is 5.92 Å². The molecule has 1 aliphatic heterocycles. The van der Waals surface area contributed by atoms with Crippen LogP contribution < -0.4 is 10.2 Å². The summed E-state index contributed by atoms with van der Waals surface area (Å²) >= 11 is 0. The second-order valence-electron chi connectivity index (χ2n) is 6.05. The molecule has 0 bridgehead atoms. The fourth-order valence-electron chi connectivity index (χ4n) is 2.86. The van der Waals surface area contributed by atoms with E-state index in [0.29, 0.717) is 11.4 Å². The van der Waals surface area contributed by atoms with Crippen molar-refractivity contribution in [2.75, 3.05) is 16.8 Å². The third-order valence-corrected chi connectivity index (χ3v) is 4.25. The van der Waals surface area contributed by atoms with E-state index >= 15 is 0 Å². The molecule has 0 aliphatic carbocycles. The Morgan fingerprint density at radius 3 is 2.52 bits per heavy atom. The van der Waals surface area contributed by atoms with Crippen molar-refractivity contribution in [3.05, 3.63) is 64.2 Å². The smallest absolute Gasteiger partial charge is 0.335 e. The number of amides is 2. The second kappa shape index (κ2) is 7.24. The van der Waals surface area contributed by atoms with E-state index in [9.17, 15) is 24.5 Å². The summed E-state index contributed by atoms with van der Waals surface area (Å²) in [5.41, 5.74) is 0.774. The number of nitrogens with zero attached hydrogens (tertiary/aromatic N) is 2. The van der Waals surface area contributed by atoms with Crippen molar-refractivity contribution in [3.8, 4) is 0 Å². The Bertz CT molecular complexity index is 925. The lowest BCUT2D eigenvalue weighted by atomic mass is 10.1. The van der Waals surface area contributed by atoms with E-state index in [0.717, 1.165) is 0 Å². The maximum atomic E-state index is 12.4. The van der Waals surface area contributed by atoms with Crippen molar-refractivity contribution < 1.29 is 24.4 Å². The number of carbonyl (C=O) groups is 3. The number of nitro benzene ring substituents is 1. The highest BCUT2D eigenvalue weighted by atomic mass is 16.6. The molecule has 2 aromatic carbocycles. The number of hydrogen-bond donors (Lipinski definition) is 2. The van der Waals surface area contributed by atoms with Gasteiger partial charge in [-0.25, -0.2) is 4.79 Å². The van der Waals surface area contributed by atoms with Crippen LogP contribution in [0.2, 0.25) is 0 Å². The first-order chi connectivity index (χ1) is 12.8. The van der Waals surface area contributed by atoms with Crippen molar-refractivity contribution in [1.82, 2.24) is 0 Å². The highest BCUT2D eigenvalue weighted by Gasteiger charge is 2.35. The van der Waals surface area contributed by atoms with Crippen LogP contribution in [0.15, 0.2) is 48.5 Å². The quantitative estimate of drug-likeness (QED) is 0.614. The molecule has 0 saturated carbocycles. The van der Waals surface area contributed by atoms with Gasteiger partial charge in [-0.1, -0.05) is 6.07 Å². The van der Waals surface area contributed by atoms with Gasteiger partial charge in [-0.05, 0) is 30.3 Å². The summed E-state index contributed by atoms with van der Waals surface area (Å²) in [6.07, 6.45) is 0.00143. The van der Waals surface area contributed by atoms with Gasteiger partial charge in [0.2, 0.25) is 11.8 Å². The van der Waals surface area contributed by atoms with E-state index in [1.165, 1.54) is 47.4 Å². The predicted molar refractivity (Wildman–Crippen MR) is 95.6 cm³/mol. The average molecular weight is 369 g/mol. The number of carboxylic acid groups (broad SMARTS) is 1. The molecule has 2 aromatic rings. The zero-order valence-electron chi connectivity index (χ0n) is 14.0. The third kappa shape index (κ3) is 3.92. The largest absolute Gasteiger partial charge is 0.478 e. The average Bonchev–Trinajstić information content (AvgIpc) is 3.04. The Morgan fingerprint density at radius 1 is 1.19 bits per heavy atom. The zero-order valence-corrected chi connectivity index (χ0v) is 14.0. The highest BCUT2D eigenvalue weighted by Crippen LogP contribution is 2.27. The van der Waals surface area contributed by atoms with Crippen molar-refractivity contribution in [1.29, 1.82) is 0 Å². The minimum Gasteiger partial charge on any atom is -0.478 e. The van der Waals surface area contributed by atoms with Gasteiger partial charge in [-0.2, -0.15) is 0 Å². The fourth-order valence-corrected chi connectivity index (χ4v) is 2.86. The molecule has 1 atom stereocenters. The Morgan fingerprint density at radius 2 is 1.89 bits per heavy atom. The van der Waals surface area contributed by atoms with E-state index in [1.54, 1.807) is 6.07 Å². The minimum absolute atomic E-state index is 0.00143. The van der Waals surface area contributed by atoms with Crippen LogP contribution in [0.3, 0.4) is 0 Å². The maximum absolute atomic E-state index is 12.4. The Balaban J connectivity index is 1.69. The van der Waals surface area contributed by atoms with Crippen LogP contribution in [0.25, 0.3) is 0 Å². The maximum Gasteiger partial charge on any atom is 0.335 e. The highest BCUT2D eigenvalue weighted by molar-refractivity contribution is 6.03. The molecule has 3 rings (SSSR count). The lowest BCUT2D eigenvalue weighted by Gasteiger charge is -2.16. The standard InChI is InChI=1S/C18H15N3O6/c22-16-9-12(10-20(16)14-4-6-15(7-5-14)21(26)27)17(23)19-13-3-1-2-11(8-13)18(24)25/h1-8,12H,9-10H2,(H,19,23)(H,24,25)/t12-/m0/s1. The molecule has 9 nitrogen and oxygen atoms in total. The summed E-state index contributed by atoms with van der Waals surface area (Å²) in [6, 6.07) is 11.4. The molecule has 1 heterocycles. The first-order valence-corrected chi connectivity index (χ1v) is 8.04. The topological polar surface area (TPSA) is 130 Å². The van der Waals surface area contributed by atoms with Crippen LogP contribution in [0.1, 0.15) is 16.8 Å². The Labute approximate surface area is 153 Å². The van der Waals surface area contributed by atoms with E-state index in [-0.39, 0.29) is 30.1 Å². The predicted octanol–water partition coefficient (Wildman–Crippen LogP) is 2.28. The number of benzene rings is 2. The van der Waals surface area contributed by atoms with Crippen LogP contribution in [-0.4, -0.2) is 34.4 Å². The second-order valence-corrected chi connectivity index (χ2v) is 6.05. The van der Waals surface area contributed by atoms with Gasteiger partial charge in [-0.15, -0.1) is 0 Å². The first-order valence-electron chi connectivity index (χ1n) is 8.04. The number of nitro groups is 1. The Hall–Kier alpha value is -3.75. The summed E-state index contributed by atoms with van der Waals surface area (Å²) in [5.74, 6) is -2.37. The van der Waals surface area contributed by atoms with Gasteiger partial charge < -0.3 is 15.3 Å². The number of non-ortho nitro benzene ring substituents is 1. The molecule has 9 heteroatoms. The lowest BCUT2D eigenvalue weighted by molar-refractivity contribution is -0.384. The molecule has 138 valence electrons. The summed E-state index contributed by atoms with van der Waals surface area (Å²) in [6.45, 7) is 0.140. The van der Waals surface area contributed by atoms with Crippen LogP contribution in [0.4, 0.5) is 17.1 Å². The molecule has 1 fully saturated rings. The molecule has 2 N–H and O–H groups in total. The Kier molecular flexibility index (Phi) is 4.84. The minimum atomic E-state index is -1.11. The van der Waals surface area contributed by atoms with Crippen molar-refractivity contribution in [2.45, 2.75) is 6.42 Å². The summed E-state index contributed by atoms with van der Waals surface area (Å²) < 4.78 is 0. The molecule has 1 aliphatic rings. The van der Waals surface area contributed by atoms with Crippen molar-refractivity contribution in [3.63, 3.8) is 0 Å². The van der Waals surface area contributed by atoms with Crippen LogP contribution >= 0.6 is 0 Å². The van der Waals surface area contributed by atoms with E-state index in [2.05, 4.69) is 5.32 Å². The van der Waals surface area contributed by atoms with Gasteiger partial charge in [0.1, 0.15) is 0 Å². The zero-order chi connectivity index (χ0) is 19.6. The molecular weight excluding hydrogens is 354 g/mol. The van der Waals surface area contributed by atoms with E-state index < -0.39 is 22.7 Å². The molecule has 27 heavy (non-hydrogen) atoms. The molecule has 0 aromatic heterocycles. The van der Waals surface area contributed by atoms with Crippen LogP contribution in [0, 0.1) is 16.0 Å². The fraction of sp³-hybridized carbons (Fsp3) is 0.167. The van der Waals surface area contributed by atoms with Gasteiger partial charge in [0.15, 0.2) is 0 Å². The number of aromatic carboxylic acids is 1. The van der Waals surface area contributed by atoms with Crippen LogP contribution in [0.5, 0.6) is 0 Å². The molecule has 0 unspecified atom stereocenters. The summed E-state index contributed by atoms with van der Waals surface area (Å²) in [7, 11) is 0. The van der Waals surface area contributed by atoms with Crippen molar-refractivity contribution >= 4 is 34.8 Å². The van der Waals surface area contributed by atoms with Gasteiger partial charge >= 0.3 is 5.97 Å². The van der Waals surface area contributed by atoms with Gasteiger partial charge in [-0.3, -0.25) is 19.7 Å². The van der Waals surface area contributed by atoms with Gasteiger partial charge in [0, 0.05) is 36.5 Å². The molecular formula is C18H15N3O6. The number of hydrogen-bond acceptors (Lipinski definition) is 5. The van der Waals surface area contributed by atoms with Crippen LogP contribution in [-0.2, 0) is 9.59 Å². The normalized spacial score (nSPS) is 16.2. The third-order valence-electron chi connectivity index (χ3n) is 4.25. The number of carbonyl (C=O) groups excluding carboxylic acids is 2. The molecule has 0 spiro atoms. The summed E-state index contributed by atoms with van der Waals surface area (Å²) in [5, 5.41) is 22.3. The summed E-state index contributed by atoms with van der Waals surface area (Å²) in [4.78, 5) is 47.3. The first kappa shape index (κ1) is 18.1. The number of anilines is 2. The van der Waals surface area contributed by atoms with Gasteiger partial charge in [0.05, 0.1) is 16.4 Å². The lowest BCUT2D eigenvalue weighted by Crippen LogP contribution is -2.28. The van der Waals surface area contributed by atoms with Gasteiger partial charge in [0.25, 0.3) is 5.69 Å². The van der Waals surface area contributed by atoms with E-state index in [4.69, 9.17) is 5.11 Å².